The van der Waals surface area contributed by atoms with E-state index in [1.165, 1.54) is 0 Å². The molecule has 0 unspecified atom stereocenters. The topological polar surface area (TPSA) is 35.5 Å². The minimum absolute atomic E-state index is 0.111. The van der Waals surface area contributed by atoms with Crippen LogP contribution in [0.3, 0.4) is 0 Å². The molecule has 1 aromatic rings. The Morgan fingerprint density at radius 3 is 2.63 bits per heavy atom. The highest BCUT2D eigenvalue weighted by Crippen LogP contribution is 2.34. The molecule has 1 rings (SSSR count). The van der Waals surface area contributed by atoms with Crippen LogP contribution >= 0.6 is 0 Å². The number of carbonyl (C=O) groups excluding carboxylic acids is 1. The number of carbonyl (C=O) groups is 1. The average Bonchev–Trinajstić information content (AvgIpc) is 2.38. The Labute approximate surface area is 115 Å². The Morgan fingerprint density at radius 2 is 2.11 bits per heavy atom. The maximum Gasteiger partial charge on any atom is 0.311 e. The summed E-state index contributed by atoms with van der Waals surface area (Å²) in [4.78, 5) is 11.6. The Kier molecular flexibility index (Phi) is 5.61. The molecule has 0 aromatic heterocycles. The number of hydrogen-bond acceptors (Lipinski definition) is 3. The molecular weight excluding hydrogens is 240 g/mol. The molecule has 3 heteroatoms. The Hall–Kier alpha value is -1.77. The SMILES string of the molecule is C=C(C)[C@@H](C)c1cc(OC)ccc1OC(=O)CCC. The highest BCUT2D eigenvalue weighted by atomic mass is 16.5. The predicted molar refractivity (Wildman–Crippen MR) is 76.8 cm³/mol. The first kappa shape index (κ1) is 15.3. The largest absolute Gasteiger partial charge is 0.497 e. The quantitative estimate of drug-likeness (QED) is 0.440. The standard InChI is InChI=1S/C16H22O3/c1-6-7-16(17)19-15-9-8-13(18-5)10-14(15)12(4)11(2)3/h8-10,12H,2,6-7H2,1,3-5H3/t12-/m1/s1. The van der Waals surface area contributed by atoms with Crippen molar-refractivity contribution in [1.82, 2.24) is 0 Å². The molecule has 19 heavy (non-hydrogen) atoms. The van der Waals surface area contributed by atoms with E-state index in [0.717, 1.165) is 23.3 Å². The maximum atomic E-state index is 11.6. The van der Waals surface area contributed by atoms with Crippen LogP contribution in [0.1, 0.15) is 45.1 Å². The minimum atomic E-state index is -0.206. The van der Waals surface area contributed by atoms with Gasteiger partial charge in [0, 0.05) is 17.9 Å². The van der Waals surface area contributed by atoms with E-state index < -0.39 is 0 Å². The average molecular weight is 262 g/mol. The summed E-state index contributed by atoms with van der Waals surface area (Å²) >= 11 is 0. The summed E-state index contributed by atoms with van der Waals surface area (Å²) in [6.07, 6.45) is 1.20. The lowest BCUT2D eigenvalue weighted by Crippen LogP contribution is -2.10. The fourth-order valence-electron chi connectivity index (χ4n) is 1.73. The number of hydrogen-bond donors (Lipinski definition) is 0. The van der Waals surface area contributed by atoms with E-state index in [9.17, 15) is 4.79 Å². The van der Waals surface area contributed by atoms with Crippen molar-refractivity contribution in [2.75, 3.05) is 7.11 Å². The molecule has 0 bridgehead atoms. The monoisotopic (exact) mass is 262 g/mol. The zero-order valence-electron chi connectivity index (χ0n) is 12.2. The second-order valence-corrected chi connectivity index (χ2v) is 4.70. The summed E-state index contributed by atoms with van der Waals surface area (Å²) < 4.78 is 10.6. The van der Waals surface area contributed by atoms with E-state index in [4.69, 9.17) is 9.47 Å². The summed E-state index contributed by atoms with van der Waals surface area (Å²) in [6.45, 7) is 9.91. The molecule has 104 valence electrons. The maximum absolute atomic E-state index is 11.6. The van der Waals surface area contributed by atoms with Crippen LogP contribution in [0.25, 0.3) is 0 Å². The molecule has 0 saturated carbocycles. The number of allylic oxidation sites excluding steroid dienone is 1. The van der Waals surface area contributed by atoms with Gasteiger partial charge in [-0.1, -0.05) is 26.0 Å². The van der Waals surface area contributed by atoms with Gasteiger partial charge in [0.15, 0.2) is 0 Å². The summed E-state index contributed by atoms with van der Waals surface area (Å²) in [7, 11) is 1.62. The second kappa shape index (κ2) is 6.98. The highest BCUT2D eigenvalue weighted by molar-refractivity contribution is 5.73. The van der Waals surface area contributed by atoms with Crippen LogP contribution in [0.5, 0.6) is 11.5 Å². The molecule has 0 N–H and O–H groups in total. The van der Waals surface area contributed by atoms with Crippen molar-refractivity contribution in [1.29, 1.82) is 0 Å². The van der Waals surface area contributed by atoms with Crippen molar-refractivity contribution in [2.24, 2.45) is 0 Å². The summed E-state index contributed by atoms with van der Waals surface area (Å²) in [5.74, 6) is 1.25. The first-order valence-corrected chi connectivity index (χ1v) is 6.53. The normalized spacial score (nSPS) is 11.8. The van der Waals surface area contributed by atoms with Crippen LogP contribution in [0.2, 0.25) is 0 Å². The molecular formula is C16H22O3. The van der Waals surface area contributed by atoms with Gasteiger partial charge in [-0.3, -0.25) is 4.79 Å². The van der Waals surface area contributed by atoms with Gasteiger partial charge in [0.05, 0.1) is 7.11 Å². The highest BCUT2D eigenvalue weighted by Gasteiger charge is 2.16. The lowest BCUT2D eigenvalue weighted by molar-refractivity contribution is -0.134. The number of ether oxygens (including phenoxy) is 2. The summed E-state index contributed by atoms with van der Waals surface area (Å²) in [5, 5.41) is 0. The molecule has 0 amide bonds. The third kappa shape index (κ3) is 4.12. The van der Waals surface area contributed by atoms with Gasteiger partial charge in [-0.2, -0.15) is 0 Å². The minimum Gasteiger partial charge on any atom is -0.497 e. The Balaban J connectivity index is 3.08. The molecule has 0 aliphatic heterocycles. The zero-order valence-corrected chi connectivity index (χ0v) is 12.2. The first-order chi connectivity index (χ1) is 8.99. The molecule has 0 spiro atoms. The number of rotatable bonds is 6. The van der Waals surface area contributed by atoms with Crippen molar-refractivity contribution in [3.63, 3.8) is 0 Å². The number of esters is 1. The molecule has 0 fully saturated rings. The predicted octanol–water partition coefficient (Wildman–Crippen LogP) is 4.08. The van der Waals surface area contributed by atoms with Crippen molar-refractivity contribution in [3.8, 4) is 11.5 Å². The van der Waals surface area contributed by atoms with E-state index in [1.807, 2.05) is 26.8 Å². The van der Waals surface area contributed by atoms with Crippen molar-refractivity contribution >= 4 is 5.97 Å². The lowest BCUT2D eigenvalue weighted by atomic mass is 9.94. The summed E-state index contributed by atoms with van der Waals surface area (Å²) in [5.41, 5.74) is 1.94. The Bertz CT molecular complexity index is 463. The van der Waals surface area contributed by atoms with E-state index >= 15 is 0 Å². The van der Waals surface area contributed by atoms with Gasteiger partial charge in [-0.25, -0.2) is 0 Å². The molecule has 0 heterocycles. The van der Waals surface area contributed by atoms with Gasteiger partial charge >= 0.3 is 5.97 Å². The lowest BCUT2D eigenvalue weighted by Gasteiger charge is -2.17. The van der Waals surface area contributed by atoms with Crippen molar-refractivity contribution in [3.05, 3.63) is 35.9 Å². The molecule has 0 radical (unpaired) electrons. The number of methoxy groups -OCH3 is 1. The second-order valence-electron chi connectivity index (χ2n) is 4.70. The molecule has 1 aromatic carbocycles. The van der Waals surface area contributed by atoms with Crippen molar-refractivity contribution < 1.29 is 14.3 Å². The van der Waals surface area contributed by atoms with E-state index in [2.05, 4.69) is 6.58 Å². The van der Waals surface area contributed by atoms with Crippen LogP contribution in [0.4, 0.5) is 0 Å². The fourth-order valence-corrected chi connectivity index (χ4v) is 1.73. The number of benzene rings is 1. The molecule has 3 nitrogen and oxygen atoms in total. The first-order valence-electron chi connectivity index (χ1n) is 6.53. The van der Waals surface area contributed by atoms with Crippen LogP contribution in [0.15, 0.2) is 30.4 Å². The molecule has 0 aliphatic rings. The van der Waals surface area contributed by atoms with Crippen LogP contribution < -0.4 is 9.47 Å². The van der Waals surface area contributed by atoms with Gasteiger partial charge in [-0.05, 0) is 31.5 Å². The van der Waals surface area contributed by atoms with Gasteiger partial charge < -0.3 is 9.47 Å². The van der Waals surface area contributed by atoms with Crippen molar-refractivity contribution in [2.45, 2.75) is 39.5 Å². The third-order valence-electron chi connectivity index (χ3n) is 3.10. The van der Waals surface area contributed by atoms with Crippen LogP contribution in [-0.4, -0.2) is 13.1 Å². The Morgan fingerprint density at radius 1 is 1.42 bits per heavy atom. The van der Waals surface area contributed by atoms with Gasteiger partial charge in [0.2, 0.25) is 0 Å². The molecule has 0 aliphatic carbocycles. The molecule has 0 saturated heterocycles. The van der Waals surface area contributed by atoms with Crippen LogP contribution in [-0.2, 0) is 4.79 Å². The summed E-state index contributed by atoms with van der Waals surface area (Å²) in [6, 6.07) is 5.47. The zero-order chi connectivity index (χ0) is 14.4. The van der Waals surface area contributed by atoms with E-state index in [1.54, 1.807) is 19.2 Å². The van der Waals surface area contributed by atoms with E-state index in [0.29, 0.717) is 12.2 Å². The van der Waals surface area contributed by atoms with Crippen LogP contribution in [0, 0.1) is 0 Å². The smallest absolute Gasteiger partial charge is 0.311 e. The van der Waals surface area contributed by atoms with E-state index in [-0.39, 0.29) is 11.9 Å². The van der Waals surface area contributed by atoms with Gasteiger partial charge in [0.1, 0.15) is 11.5 Å². The molecule has 1 atom stereocenters. The fraction of sp³-hybridized carbons (Fsp3) is 0.438. The van der Waals surface area contributed by atoms with Gasteiger partial charge in [-0.15, -0.1) is 0 Å². The van der Waals surface area contributed by atoms with Gasteiger partial charge in [0.25, 0.3) is 0 Å². The third-order valence-corrected chi connectivity index (χ3v) is 3.10.